The number of carbonyl (C=O) groups excluding carboxylic acids is 1. The lowest BCUT2D eigenvalue weighted by molar-refractivity contribution is -0.148. The van der Waals surface area contributed by atoms with Crippen molar-refractivity contribution in [2.75, 3.05) is 7.11 Å². The highest BCUT2D eigenvalue weighted by molar-refractivity contribution is 5.80. The quantitative estimate of drug-likeness (QED) is 0.449. The van der Waals surface area contributed by atoms with Crippen molar-refractivity contribution >= 4 is 5.97 Å². The van der Waals surface area contributed by atoms with Crippen LogP contribution in [0.2, 0.25) is 0 Å². The van der Waals surface area contributed by atoms with Gasteiger partial charge in [0.2, 0.25) is 0 Å². The van der Waals surface area contributed by atoms with Crippen LogP contribution in [0, 0.1) is 0 Å². The van der Waals surface area contributed by atoms with E-state index >= 15 is 0 Å². The molecular formula is C15H27NO2. The average molecular weight is 253 g/mol. The number of methoxy groups -OCH3 is 1. The van der Waals surface area contributed by atoms with Crippen LogP contribution in [0.4, 0.5) is 0 Å². The van der Waals surface area contributed by atoms with Crippen molar-refractivity contribution in [3.05, 3.63) is 12.7 Å². The Morgan fingerprint density at radius 2 is 2.00 bits per heavy atom. The lowest BCUT2D eigenvalue weighted by Gasteiger charge is -2.32. The van der Waals surface area contributed by atoms with Crippen LogP contribution in [-0.4, -0.2) is 24.7 Å². The second kappa shape index (κ2) is 7.57. The molecule has 1 saturated carbocycles. The molecule has 1 unspecified atom stereocenters. The minimum atomic E-state index is -0.571. The third-order valence-corrected chi connectivity index (χ3v) is 3.86. The molecule has 0 aromatic rings. The second-order valence-electron chi connectivity index (χ2n) is 5.48. The molecule has 0 bridgehead atoms. The van der Waals surface area contributed by atoms with E-state index in [1.807, 2.05) is 13.0 Å². The summed E-state index contributed by atoms with van der Waals surface area (Å²) < 4.78 is 4.95. The van der Waals surface area contributed by atoms with E-state index in [2.05, 4.69) is 11.9 Å². The molecule has 0 amide bonds. The van der Waals surface area contributed by atoms with Crippen LogP contribution >= 0.6 is 0 Å². The molecule has 0 aromatic carbocycles. The van der Waals surface area contributed by atoms with E-state index in [1.165, 1.54) is 45.6 Å². The van der Waals surface area contributed by atoms with Gasteiger partial charge < -0.3 is 4.74 Å². The lowest BCUT2D eigenvalue weighted by Crippen LogP contribution is -2.54. The number of hydrogen-bond acceptors (Lipinski definition) is 3. The minimum absolute atomic E-state index is 0.159. The van der Waals surface area contributed by atoms with E-state index in [1.54, 1.807) is 0 Å². The third kappa shape index (κ3) is 4.45. The Morgan fingerprint density at radius 3 is 2.50 bits per heavy atom. The Kier molecular flexibility index (Phi) is 6.41. The van der Waals surface area contributed by atoms with E-state index in [9.17, 15) is 4.79 Å². The highest BCUT2D eigenvalue weighted by Gasteiger charge is 2.35. The van der Waals surface area contributed by atoms with Gasteiger partial charge in [0.05, 0.1) is 7.11 Å². The summed E-state index contributed by atoms with van der Waals surface area (Å²) in [6, 6.07) is 0.446. The number of allylic oxidation sites excluding steroid dienone is 1. The first-order chi connectivity index (χ1) is 8.62. The molecule has 1 N–H and O–H groups in total. The molecule has 0 spiro atoms. The molecule has 3 nitrogen and oxygen atoms in total. The molecule has 1 rings (SSSR count). The fraction of sp³-hybridized carbons (Fsp3) is 0.800. The molecule has 104 valence electrons. The number of ether oxygens (including phenoxy) is 1. The second-order valence-corrected chi connectivity index (χ2v) is 5.48. The molecule has 0 radical (unpaired) electrons. The summed E-state index contributed by atoms with van der Waals surface area (Å²) in [4.78, 5) is 12.0. The van der Waals surface area contributed by atoms with E-state index < -0.39 is 5.54 Å². The van der Waals surface area contributed by atoms with E-state index in [0.29, 0.717) is 6.04 Å². The molecule has 3 heteroatoms. The van der Waals surface area contributed by atoms with Gasteiger partial charge in [0.15, 0.2) is 0 Å². The van der Waals surface area contributed by atoms with Crippen molar-refractivity contribution in [3.8, 4) is 0 Å². The fourth-order valence-electron chi connectivity index (χ4n) is 2.72. The Balaban J connectivity index is 2.63. The van der Waals surface area contributed by atoms with E-state index in [-0.39, 0.29) is 5.97 Å². The van der Waals surface area contributed by atoms with Crippen molar-refractivity contribution in [2.45, 2.75) is 69.9 Å². The molecule has 0 aliphatic heterocycles. The summed E-state index contributed by atoms with van der Waals surface area (Å²) in [6.07, 6.45) is 10.9. The molecule has 1 atom stereocenters. The molecule has 1 aliphatic carbocycles. The maximum absolute atomic E-state index is 12.0. The van der Waals surface area contributed by atoms with Crippen LogP contribution in [0.15, 0.2) is 12.7 Å². The number of carbonyl (C=O) groups is 1. The molecule has 0 aromatic heterocycles. The Labute approximate surface area is 111 Å². The van der Waals surface area contributed by atoms with E-state index in [0.717, 1.165) is 12.8 Å². The van der Waals surface area contributed by atoms with Crippen LogP contribution in [-0.2, 0) is 9.53 Å². The van der Waals surface area contributed by atoms with Gasteiger partial charge in [-0.15, -0.1) is 6.58 Å². The number of rotatable bonds is 6. The number of nitrogens with one attached hydrogen (secondary N) is 1. The summed E-state index contributed by atoms with van der Waals surface area (Å²) in [6.45, 7) is 5.68. The zero-order chi connectivity index (χ0) is 13.4. The Bertz CT molecular complexity index is 270. The third-order valence-electron chi connectivity index (χ3n) is 3.86. The Morgan fingerprint density at radius 1 is 1.39 bits per heavy atom. The van der Waals surface area contributed by atoms with Gasteiger partial charge in [-0.2, -0.15) is 0 Å². The monoisotopic (exact) mass is 253 g/mol. The summed E-state index contributed by atoms with van der Waals surface area (Å²) in [5.41, 5.74) is -0.571. The topological polar surface area (TPSA) is 38.3 Å². The number of hydrogen-bond donors (Lipinski definition) is 1. The van der Waals surface area contributed by atoms with Crippen LogP contribution in [0.1, 0.15) is 58.3 Å². The maximum atomic E-state index is 12.0. The largest absolute Gasteiger partial charge is 0.468 e. The summed E-state index contributed by atoms with van der Waals surface area (Å²) in [5.74, 6) is -0.159. The van der Waals surface area contributed by atoms with Gasteiger partial charge in [-0.1, -0.05) is 31.8 Å². The normalized spacial score (nSPS) is 20.8. The van der Waals surface area contributed by atoms with Gasteiger partial charge in [-0.25, -0.2) is 0 Å². The van der Waals surface area contributed by atoms with Crippen molar-refractivity contribution in [1.29, 1.82) is 0 Å². The minimum Gasteiger partial charge on any atom is -0.468 e. The molecule has 0 heterocycles. The van der Waals surface area contributed by atoms with Gasteiger partial charge in [0.25, 0.3) is 0 Å². The van der Waals surface area contributed by atoms with Crippen LogP contribution < -0.4 is 5.32 Å². The van der Waals surface area contributed by atoms with Gasteiger partial charge in [0.1, 0.15) is 5.54 Å². The molecule has 1 aliphatic rings. The number of esters is 1. The lowest BCUT2D eigenvalue weighted by atomic mass is 9.93. The van der Waals surface area contributed by atoms with E-state index in [4.69, 9.17) is 4.74 Å². The molecule has 0 saturated heterocycles. The smallest absolute Gasteiger partial charge is 0.325 e. The maximum Gasteiger partial charge on any atom is 0.325 e. The Hall–Kier alpha value is -0.830. The first-order valence-electron chi connectivity index (χ1n) is 7.09. The van der Waals surface area contributed by atoms with Gasteiger partial charge in [-0.05, 0) is 32.6 Å². The van der Waals surface area contributed by atoms with Crippen LogP contribution in [0.5, 0.6) is 0 Å². The summed E-state index contributed by atoms with van der Waals surface area (Å²) >= 11 is 0. The standard InChI is InChI=1S/C15H27NO2/c1-4-5-12-15(2,14(17)18-3)16-13-10-8-6-7-9-11-13/h4,13,16H,1,5-12H2,2-3H3. The highest BCUT2D eigenvalue weighted by Crippen LogP contribution is 2.22. The fourth-order valence-corrected chi connectivity index (χ4v) is 2.72. The first kappa shape index (κ1) is 15.2. The SMILES string of the molecule is C=CCCC(C)(NC1CCCCCC1)C(=O)OC. The van der Waals surface area contributed by atoms with Crippen LogP contribution in [0.3, 0.4) is 0 Å². The zero-order valence-electron chi connectivity index (χ0n) is 11.8. The van der Waals surface area contributed by atoms with Crippen molar-refractivity contribution in [1.82, 2.24) is 5.32 Å². The predicted molar refractivity (Wildman–Crippen MR) is 74.5 cm³/mol. The predicted octanol–water partition coefficient (Wildman–Crippen LogP) is 3.20. The highest BCUT2D eigenvalue weighted by atomic mass is 16.5. The average Bonchev–Trinajstić information content (AvgIpc) is 2.63. The summed E-state index contributed by atoms with van der Waals surface area (Å²) in [5, 5.41) is 3.54. The van der Waals surface area contributed by atoms with Crippen LogP contribution in [0.25, 0.3) is 0 Å². The van der Waals surface area contributed by atoms with Crippen molar-refractivity contribution in [2.24, 2.45) is 0 Å². The molecule has 1 fully saturated rings. The molecule has 18 heavy (non-hydrogen) atoms. The van der Waals surface area contributed by atoms with Crippen molar-refractivity contribution < 1.29 is 9.53 Å². The first-order valence-corrected chi connectivity index (χ1v) is 7.09. The summed E-state index contributed by atoms with van der Waals surface area (Å²) in [7, 11) is 1.46. The van der Waals surface area contributed by atoms with Crippen molar-refractivity contribution in [3.63, 3.8) is 0 Å². The zero-order valence-corrected chi connectivity index (χ0v) is 11.8. The van der Waals surface area contributed by atoms with Gasteiger partial charge >= 0.3 is 5.97 Å². The molecular weight excluding hydrogens is 226 g/mol. The van der Waals surface area contributed by atoms with Gasteiger partial charge in [0, 0.05) is 6.04 Å². The van der Waals surface area contributed by atoms with Gasteiger partial charge in [-0.3, -0.25) is 10.1 Å².